The van der Waals surface area contributed by atoms with Crippen molar-refractivity contribution in [2.24, 2.45) is 11.1 Å². The predicted octanol–water partition coefficient (Wildman–Crippen LogP) is 3.66. The van der Waals surface area contributed by atoms with Crippen molar-refractivity contribution in [3.63, 3.8) is 0 Å². The number of rotatable bonds is 6. The molecule has 0 radical (unpaired) electrons. The monoisotopic (exact) mass is 262 g/mol. The molecule has 0 saturated carbocycles. The molecule has 1 aromatic carbocycles. The summed E-state index contributed by atoms with van der Waals surface area (Å²) in [6.07, 6.45) is 1.16. The molecule has 0 spiro atoms. The Bertz CT molecular complexity index is 351. The third kappa shape index (κ3) is 4.96. The number of hydrogen-bond donors (Lipinski definition) is 1. The molecule has 2 N–H and O–H groups in total. The van der Waals surface area contributed by atoms with E-state index in [9.17, 15) is 0 Å². The molecule has 108 valence electrons. The predicted molar refractivity (Wildman–Crippen MR) is 84.0 cm³/mol. The highest BCUT2D eigenvalue weighted by molar-refractivity contribution is 5.15. The van der Waals surface area contributed by atoms with Crippen molar-refractivity contribution in [1.82, 2.24) is 4.90 Å². The molecule has 1 rings (SSSR count). The van der Waals surface area contributed by atoms with Crippen LogP contribution >= 0.6 is 0 Å². The molecule has 2 heteroatoms. The zero-order valence-corrected chi connectivity index (χ0v) is 13.2. The Morgan fingerprint density at radius 3 is 2.16 bits per heavy atom. The lowest BCUT2D eigenvalue weighted by atomic mass is 9.81. The van der Waals surface area contributed by atoms with Crippen molar-refractivity contribution in [3.05, 3.63) is 35.9 Å². The Morgan fingerprint density at radius 2 is 1.74 bits per heavy atom. The molecule has 2 unspecified atom stereocenters. The maximum Gasteiger partial charge on any atom is 0.0296 e. The normalized spacial score (nSPS) is 15.5. The zero-order chi connectivity index (χ0) is 14.5. The van der Waals surface area contributed by atoms with E-state index in [2.05, 4.69) is 69.9 Å². The van der Waals surface area contributed by atoms with Gasteiger partial charge in [-0.3, -0.25) is 4.90 Å². The summed E-state index contributed by atoms with van der Waals surface area (Å²) in [5, 5.41) is 0. The highest BCUT2D eigenvalue weighted by atomic mass is 15.2. The van der Waals surface area contributed by atoms with Gasteiger partial charge in [0.2, 0.25) is 0 Å². The van der Waals surface area contributed by atoms with Crippen LogP contribution < -0.4 is 5.73 Å². The van der Waals surface area contributed by atoms with Crippen LogP contribution in [0, 0.1) is 5.41 Å². The molecular formula is C17H30N2. The van der Waals surface area contributed by atoms with E-state index < -0.39 is 0 Å². The van der Waals surface area contributed by atoms with Gasteiger partial charge in [-0.2, -0.15) is 0 Å². The van der Waals surface area contributed by atoms with Crippen LogP contribution in [0.15, 0.2) is 30.3 Å². The van der Waals surface area contributed by atoms with Crippen LogP contribution in [-0.2, 0) is 6.54 Å². The molecule has 0 aliphatic rings. The Kier molecular flexibility index (Phi) is 6.02. The van der Waals surface area contributed by atoms with Crippen LogP contribution in [0.1, 0.15) is 46.6 Å². The SMILES string of the molecule is CCCN(Cc1ccccc1)C(C(C)N)C(C)(C)C. The summed E-state index contributed by atoms with van der Waals surface area (Å²) in [5.74, 6) is 0. The summed E-state index contributed by atoms with van der Waals surface area (Å²) >= 11 is 0. The van der Waals surface area contributed by atoms with Crippen molar-refractivity contribution in [1.29, 1.82) is 0 Å². The maximum absolute atomic E-state index is 6.27. The number of hydrogen-bond acceptors (Lipinski definition) is 2. The van der Waals surface area contributed by atoms with Gasteiger partial charge in [0.25, 0.3) is 0 Å². The molecule has 0 heterocycles. The van der Waals surface area contributed by atoms with Gasteiger partial charge in [-0.25, -0.2) is 0 Å². The molecule has 0 aliphatic heterocycles. The van der Waals surface area contributed by atoms with Crippen LogP contribution in [0.5, 0.6) is 0 Å². The summed E-state index contributed by atoms with van der Waals surface area (Å²) in [7, 11) is 0. The van der Waals surface area contributed by atoms with Crippen molar-refractivity contribution < 1.29 is 0 Å². The van der Waals surface area contributed by atoms with E-state index in [4.69, 9.17) is 5.73 Å². The second kappa shape index (κ2) is 7.06. The van der Waals surface area contributed by atoms with Gasteiger partial charge in [-0.05, 0) is 30.9 Å². The third-order valence-electron chi connectivity index (χ3n) is 3.52. The van der Waals surface area contributed by atoms with Gasteiger partial charge in [0, 0.05) is 18.6 Å². The Hall–Kier alpha value is -0.860. The van der Waals surface area contributed by atoms with Crippen LogP contribution in [-0.4, -0.2) is 23.5 Å². The molecule has 0 bridgehead atoms. The molecule has 0 amide bonds. The number of nitrogens with two attached hydrogens (primary N) is 1. The van der Waals surface area contributed by atoms with E-state index in [1.807, 2.05) is 0 Å². The molecule has 0 fully saturated rings. The van der Waals surface area contributed by atoms with E-state index in [-0.39, 0.29) is 11.5 Å². The van der Waals surface area contributed by atoms with Crippen LogP contribution in [0.4, 0.5) is 0 Å². The second-order valence-corrected chi connectivity index (χ2v) is 6.63. The first-order chi connectivity index (χ1) is 8.86. The van der Waals surface area contributed by atoms with Gasteiger partial charge < -0.3 is 5.73 Å². The number of benzene rings is 1. The minimum atomic E-state index is 0.176. The lowest BCUT2D eigenvalue weighted by Gasteiger charge is -2.42. The van der Waals surface area contributed by atoms with Crippen molar-refractivity contribution >= 4 is 0 Å². The zero-order valence-electron chi connectivity index (χ0n) is 13.2. The minimum absolute atomic E-state index is 0.176. The van der Waals surface area contributed by atoms with Gasteiger partial charge in [-0.15, -0.1) is 0 Å². The molecular weight excluding hydrogens is 232 g/mol. The molecule has 1 aromatic rings. The molecule has 0 saturated heterocycles. The topological polar surface area (TPSA) is 29.3 Å². The first-order valence-electron chi connectivity index (χ1n) is 7.39. The van der Waals surface area contributed by atoms with Gasteiger partial charge in [0.15, 0.2) is 0 Å². The Labute approximate surface area is 119 Å². The van der Waals surface area contributed by atoms with E-state index in [0.717, 1.165) is 19.5 Å². The van der Waals surface area contributed by atoms with Crippen molar-refractivity contribution in [3.8, 4) is 0 Å². The largest absolute Gasteiger partial charge is 0.327 e. The highest BCUT2D eigenvalue weighted by Gasteiger charge is 2.32. The Morgan fingerprint density at radius 1 is 1.16 bits per heavy atom. The summed E-state index contributed by atoms with van der Waals surface area (Å²) in [6.45, 7) is 13.3. The fraction of sp³-hybridized carbons (Fsp3) is 0.647. The highest BCUT2D eigenvalue weighted by Crippen LogP contribution is 2.28. The van der Waals surface area contributed by atoms with Gasteiger partial charge in [0.05, 0.1) is 0 Å². The number of nitrogens with zero attached hydrogens (tertiary/aromatic N) is 1. The lowest BCUT2D eigenvalue weighted by Crippen LogP contribution is -2.53. The van der Waals surface area contributed by atoms with Crippen LogP contribution in [0.25, 0.3) is 0 Å². The summed E-state index contributed by atoms with van der Waals surface area (Å²) in [4.78, 5) is 2.54. The molecule has 0 aliphatic carbocycles. The third-order valence-corrected chi connectivity index (χ3v) is 3.52. The first kappa shape index (κ1) is 16.2. The van der Waals surface area contributed by atoms with Gasteiger partial charge in [-0.1, -0.05) is 58.0 Å². The van der Waals surface area contributed by atoms with E-state index in [1.54, 1.807) is 0 Å². The van der Waals surface area contributed by atoms with E-state index in [1.165, 1.54) is 5.56 Å². The van der Waals surface area contributed by atoms with Crippen LogP contribution in [0.3, 0.4) is 0 Å². The fourth-order valence-corrected chi connectivity index (χ4v) is 3.09. The summed E-state index contributed by atoms with van der Waals surface area (Å²) < 4.78 is 0. The second-order valence-electron chi connectivity index (χ2n) is 6.63. The summed E-state index contributed by atoms with van der Waals surface area (Å²) in [5.41, 5.74) is 7.83. The van der Waals surface area contributed by atoms with E-state index >= 15 is 0 Å². The average Bonchev–Trinajstić information content (AvgIpc) is 2.28. The van der Waals surface area contributed by atoms with Crippen LogP contribution in [0.2, 0.25) is 0 Å². The fourth-order valence-electron chi connectivity index (χ4n) is 3.09. The maximum atomic E-state index is 6.27. The smallest absolute Gasteiger partial charge is 0.0296 e. The molecule has 0 aromatic heterocycles. The lowest BCUT2D eigenvalue weighted by molar-refractivity contribution is 0.0750. The Balaban J connectivity index is 2.91. The summed E-state index contributed by atoms with van der Waals surface area (Å²) in [6, 6.07) is 11.3. The standard InChI is InChI=1S/C17H30N2/c1-6-12-19(13-15-10-8-7-9-11-15)16(14(2)18)17(3,4)5/h7-11,14,16H,6,12-13,18H2,1-5H3. The van der Waals surface area contributed by atoms with Crippen molar-refractivity contribution in [2.45, 2.75) is 59.7 Å². The quantitative estimate of drug-likeness (QED) is 0.847. The molecule has 19 heavy (non-hydrogen) atoms. The van der Waals surface area contributed by atoms with Gasteiger partial charge >= 0.3 is 0 Å². The molecule has 2 atom stereocenters. The molecule has 2 nitrogen and oxygen atoms in total. The van der Waals surface area contributed by atoms with E-state index in [0.29, 0.717) is 6.04 Å². The minimum Gasteiger partial charge on any atom is -0.327 e. The average molecular weight is 262 g/mol. The van der Waals surface area contributed by atoms with Gasteiger partial charge in [0.1, 0.15) is 0 Å². The first-order valence-corrected chi connectivity index (χ1v) is 7.39. The van der Waals surface area contributed by atoms with Crippen molar-refractivity contribution in [2.75, 3.05) is 6.54 Å².